The number of hydrogen-bond donors (Lipinski definition) is 1. The number of benzene rings is 3. The Morgan fingerprint density at radius 2 is 1.84 bits per heavy atom. The lowest BCUT2D eigenvalue weighted by molar-refractivity contribution is -0.274. The average Bonchev–Trinajstić information content (AvgIpc) is 3.54. The van der Waals surface area contributed by atoms with E-state index in [4.69, 9.17) is 11.6 Å². The first-order valence-corrected chi connectivity index (χ1v) is 14.3. The molecule has 1 aliphatic heterocycles. The highest BCUT2D eigenvalue weighted by Crippen LogP contribution is 2.38. The summed E-state index contributed by atoms with van der Waals surface area (Å²) in [5.74, 6) is -1.44. The number of halogens is 5. The van der Waals surface area contributed by atoms with Gasteiger partial charge in [-0.15, -0.1) is 18.3 Å². The number of carbonyl (C=O) groups excluding carboxylic acids is 2. The molecule has 1 N–H and O–H groups in total. The van der Waals surface area contributed by atoms with E-state index in [0.29, 0.717) is 11.4 Å². The summed E-state index contributed by atoms with van der Waals surface area (Å²) in [6, 6.07) is 13.6. The largest absolute Gasteiger partial charge is 0.573 e. The maximum atomic E-state index is 15.0. The molecule has 0 spiro atoms. The first kappa shape index (κ1) is 31.0. The zero-order valence-corrected chi connectivity index (χ0v) is 24.8. The minimum atomic E-state index is -4.81. The standard InChI is InChI=1S/C29H23ClF4N6O3S/c1-15(2)20-10-4-16(3)12-23(20)40-26(41)24(30)44-28(40)37-27(42)36-22-11-5-17(13-21(22)31)25-35-14-39(38-25)18-6-8-19(9-7-18)43-29(32,33)34/h4-15,24H,1-3H3,(H,36,42). The van der Waals surface area contributed by atoms with Crippen molar-refractivity contribution >= 4 is 51.8 Å². The van der Waals surface area contributed by atoms with Gasteiger partial charge in [-0.25, -0.2) is 18.9 Å². The van der Waals surface area contributed by atoms with E-state index in [1.54, 1.807) is 0 Å². The number of amides is 3. The topological polar surface area (TPSA) is 102 Å². The first-order valence-electron chi connectivity index (χ1n) is 13.0. The molecular formula is C29H23ClF4N6O3S. The van der Waals surface area contributed by atoms with Gasteiger partial charge < -0.3 is 10.1 Å². The smallest absolute Gasteiger partial charge is 0.406 e. The molecule has 15 heteroatoms. The zero-order chi connectivity index (χ0) is 31.8. The van der Waals surface area contributed by atoms with Crippen molar-refractivity contribution in [2.24, 2.45) is 4.99 Å². The third-order valence-electron chi connectivity index (χ3n) is 6.36. The molecule has 1 unspecified atom stereocenters. The molecule has 1 fully saturated rings. The van der Waals surface area contributed by atoms with Gasteiger partial charge in [0.15, 0.2) is 15.7 Å². The SMILES string of the molecule is Cc1ccc(C(C)C)c(N2C(=O)C(Cl)SC2=NC(=O)Nc2ccc(-c3ncn(-c4ccc(OC(F)(F)F)cc4)n3)cc2F)c1. The molecule has 3 amide bonds. The lowest BCUT2D eigenvalue weighted by Crippen LogP contribution is -2.32. The number of nitrogens with one attached hydrogen (secondary N) is 1. The van der Waals surface area contributed by atoms with Crippen molar-refractivity contribution in [3.8, 4) is 22.8 Å². The summed E-state index contributed by atoms with van der Waals surface area (Å²) in [6.07, 6.45) is -3.50. The number of amidine groups is 1. The Labute approximate surface area is 257 Å². The summed E-state index contributed by atoms with van der Waals surface area (Å²) in [6.45, 7) is 5.83. The number of hydrogen-bond acceptors (Lipinski definition) is 6. The van der Waals surface area contributed by atoms with Gasteiger partial charge in [-0.1, -0.05) is 49.3 Å². The second-order valence-corrected chi connectivity index (χ2v) is 11.7. The summed E-state index contributed by atoms with van der Waals surface area (Å²) >= 11 is 7.14. The van der Waals surface area contributed by atoms with E-state index in [2.05, 4.69) is 25.1 Å². The molecule has 4 aromatic rings. The Balaban J connectivity index is 1.32. The fraction of sp³-hybridized carbons (Fsp3) is 0.207. The highest BCUT2D eigenvalue weighted by Gasteiger charge is 2.39. The van der Waals surface area contributed by atoms with E-state index >= 15 is 4.39 Å². The van der Waals surface area contributed by atoms with E-state index in [-0.39, 0.29) is 28.2 Å². The summed E-state index contributed by atoms with van der Waals surface area (Å²) in [5.41, 5.74) is 2.83. The van der Waals surface area contributed by atoms with Crippen LogP contribution in [0.15, 0.2) is 72.0 Å². The van der Waals surface area contributed by atoms with Crippen molar-refractivity contribution in [3.63, 3.8) is 0 Å². The summed E-state index contributed by atoms with van der Waals surface area (Å²) in [5, 5.41) is 6.69. The van der Waals surface area contributed by atoms with E-state index in [9.17, 15) is 22.8 Å². The van der Waals surface area contributed by atoms with Crippen LogP contribution in [0.3, 0.4) is 0 Å². The Kier molecular flexibility index (Phi) is 8.66. The van der Waals surface area contributed by atoms with E-state index in [1.165, 1.54) is 40.2 Å². The number of rotatable bonds is 6. The molecule has 0 bridgehead atoms. The first-order chi connectivity index (χ1) is 20.8. The lowest BCUT2D eigenvalue weighted by Gasteiger charge is -2.22. The van der Waals surface area contributed by atoms with E-state index in [1.807, 2.05) is 39.0 Å². The number of ether oxygens (including phenoxy) is 1. The van der Waals surface area contributed by atoms with Gasteiger partial charge in [0.1, 0.15) is 17.9 Å². The summed E-state index contributed by atoms with van der Waals surface area (Å²) < 4.78 is 56.4. The van der Waals surface area contributed by atoms with Crippen LogP contribution in [0.1, 0.15) is 30.9 Å². The Morgan fingerprint density at radius 1 is 1.11 bits per heavy atom. The molecule has 2 heterocycles. The minimum Gasteiger partial charge on any atom is -0.406 e. The lowest BCUT2D eigenvalue weighted by atomic mass is 9.99. The normalized spacial score (nSPS) is 16.2. The maximum absolute atomic E-state index is 15.0. The van der Waals surface area contributed by atoms with Crippen molar-refractivity contribution < 1.29 is 31.9 Å². The third-order valence-corrected chi connectivity index (χ3v) is 7.70. The molecule has 5 rings (SSSR count). The van der Waals surface area contributed by atoms with Crippen LogP contribution in [0.2, 0.25) is 0 Å². The van der Waals surface area contributed by atoms with Gasteiger partial charge >= 0.3 is 12.4 Å². The number of aliphatic imine (C=N–C) groups is 1. The van der Waals surface area contributed by atoms with Crippen molar-refractivity contribution in [3.05, 3.63) is 83.9 Å². The number of anilines is 2. The Morgan fingerprint density at radius 3 is 2.50 bits per heavy atom. The number of aryl methyl sites for hydroxylation is 1. The number of alkyl halides is 4. The molecule has 44 heavy (non-hydrogen) atoms. The Hall–Kier alpha value is -4.43. The number of carbonyl (C=O) groups is 2. The Bertz CT molecular complexity index is 1760. The fourth-order valence-electron chi connectivity index (χ4n) is 4.33. The number of thioether (sulfide) groups is 1. The molecule has 1 atom stereocenters. The quantitative estimate of drug-likeness (QED) is 0.171. The van der Waals surface area contributed by atoms with Gasteiger partial charge in [0.2, 0.25) is 0 Å². The molecule has 9 nitrogen and oxygen atoms in total. The van der Waals surface area contributed by atoms with Crippen molar-refractivity contribution in [1.29, 1.82) is 0 Å². The second-order valence-electron chi connectivity index (χ2n) is 9.90. The van der Waals surface area contributed by atoms with Crippen molar-refractivity contribution in [1.82, 2.24) is 14.8 Å². The average molecular weight is 647 g/mol. The molecule has 1 aromatic heterocycles. The zero-order valence-electron chi connectivity index (χ0n) is 23.3. The second kappa shape index (κ2) is 12.3. The highest BCUT2D eigenvalue weighted by atomic mass is 35.5. The van der Waals surface area contributed by atoms with E-state index in [0.717, 1.165) is 41.1 Å². The number of aromatic nitrogens is 3. The van der Waals surface area contributed by atoms with E-state index < -0.39 is 34.6 Å². The van der Waals surface area contributed by atoms with Gasteiger partial charge in [-0.05, 0) is 72.5 Å². The fourth-order valence-corrected chi connectivity index (χ4v) is 5.49. The third kappa shape index (κ3) is 6.86. The van der Waals surface area contributed by atoms with Crippen LogP contribution in [0.5, 0.6) is 5.75 Å². The molecular weight excluding hydrogens is 624 g/mol. The molecule has 0 aliphatic carbocycles. The molecule has 1 saturated heterocycles. The predicted octanol–water partition coefficient (Wildman–Crippen LogP) is 7.64. The number of urea groups is 1. The van der Waals surface area contributed by atoms with Gasteiger partial charge in [-0.3, -0.25) is 9.69 Å². The van der Waals surface area contributed by atoms with Crippen LogP contribution >= 0.6 is 23.4 Å². The van der Waals surface area contributed by atoms with Crippen LogP contribution in [-0.4, -0.2) is 42.9 Å². The highest BCUT2D eigenvalue weighted by molar-refractivity contribution is 8.17. The van der Waals surface area contributed by atoms with Crippen molar-refractivity contribution in [2.75, 3.05) is 10.2 Å². The molecule has 0 radical (unpaired) electrons. The van der Waals surface area contributed by atoms with Crippen LogP contribution < -0.4 is 15.0 Å². The molecule has 0 saturated carbocycles. The van der Waals surface area contributed by atoms with Gasteiger partial charge in [-0.2, -0.15) is 4.99 Å². The van der Waals surface area contributed by atoms with Gasteiger partial charge in [0, 0.05) is 5.56 Å². The maximum Gasteiger partial charge on any atom is 0.573 e. The predicted molar refractivity (Wildman–Crippen MR) is 160 cm³/mol. The monoisotopic (exact) mass is 646 g/mol. The summed E-state index contributed by atoms with van der Waals surface area (Å²) in [4.78, 5) is 35.3. The van der Waals surface area contributed by atoms with Crippen molar-refractivity contribution in [2.45, 2.75) is 37.8 Å². The minimum absolute atomic E-state index is 0.0600. The van der Waals surface area contributed by atoms with Crippen LogP contribution in [0, 0.1) is 12.7 Å². The van der Waals surface area contributed by atoms with Gasteiger partial charge in [0.05, 0.1) is 17.1 Å². The molecule has 228 valence electrons. The van der Waals surface area contributed by atoms with Crippen LogP contribution in [0.4, 0.5) is 33.7 Å². The summed E-state index contributed by atoms with van der Waals surface area (Å²) in [7, 11) is 0. The molecule has 1 aliphatic rings. The van der Waals surface area contributed by atoms with Gasteiger partial charge in [0.25, 0.3) is 5.91 Å². The van der Waals surface area contributed by atoms with Crippen LogP contribution in [0.25, 0.3) is 17.1 Å². The molecule has 3 aromatic carbocycles. The van der Waals surface area contributed by atoms with Crippen LogP contribution in [-0.2, 0) is 4.79 Å². The number of nitrogens with zero attached hydrogens (tertiary/aromatic N) is 5.